The summed E-state index contributed by atoms with van der Waals surface area (Å²) in [4.78, 5) is 0. The van der Waals surface area contributed by atoms with Crippen LogP contribution < -0.4 is 15.4 Å². The minimum Gasteiger partial charge on any atom is -0.492 e. The molecule has 0 aliphatic rings. The lowest BCUT2D eigenvalue weighted by atomic mass is 10.2. The molecular weight excluding hydrogens is 392 g/mol. The fourth-order valence-corrected chi connectivity index (χ4v) is 3.38. The van der Waals surface area contributed by atoms with Crippen LogP contribution in [-0.4, -0.2) is 21.5 Å². The van der Waals surface area contributed by atoms with E-state index in [9.17, 15) is 0 Å². The number of para-hydroxylation sites is 2. The van der Waals surface area contributed by atoms with Crippen molar-refractivity contribution in [1.82, 2.24) is 9.78 Å². The van der Waals surface area contributed by atoms with Crippen LogP contribution in [0.3, 0.4) is 0 Å². The Morgan fingerprint density at radius 3 is 2.68 bits per heavy atom. The van der Waals surface area contributed by atoms with E-state index in [1.807, 2.05) is 74.0 Å². The number of aryl methyl sites for hydroxylation is 1. The molecule has 3 rings (SSSR count). The van der Waals surface area contributed by atoms with Crippen LogP contribution in [0.15, 0.2) is 48.5 Å². The van der Waals surface area contributed by atoms with Crippen molar-refractivity contribution in [3.05, 3.63) is 70.5 Å². The van der Waals surface area contributed by atoms with Gasteiger partial charge in [0, 0.05) is 5.02 Å². The number of rotatable bonds is 6. The molecule has 0 spiro atoms. The molecule has 1 heterocycles. The summed E-state index contributed by atoms with van der Waals surface area (Å²) in [5.41, 5.74) is 4.69. The quantitative estimate of drug-likeness (QED) is 0.528. The minimum absolute atomic E-state index is 0.487. The number of anilines is 2. The molecule has 0 unspecified atom stereocenters. The fraction of sp³-hybridized carbons (Fsp3) is 0.238. The molecule has 28 heavy (non-hydrogen) atoms. The molecule has 0 bridgehead atoms. The van der Waals surface area contributed by atoms with Crippen molar-refractivity contribution in [2.75, 3.05) is 17.2 Å². The van der Waals surface area contributed by atoms with Crippen molar-refractivity contribution in [3.63, 3.8) is 0 Å². The smallest absolute Gasteiger partial charge is 0.175 e. The number of nitrogens with one attached hydrogen (secondary N) is 2. The van der Waals surface area contributed by atoms with Gasteiger partial charge in [0.1, 0.15) is 5.75 Å². The molecule has 0 radical (unpaired) electrons. The van der Waals surface area contributed by atoms with Gasteiger partial charge >= 0.3 is 0 Å². The zero-order chi connectivity index (χ0) is 20.1. The second kappa shape index (κ2) is 9.08. The lowest BCUT2D eigenvalue weighted by Gasteiger charge is -2.14. The number of thiocarbonyl (C=S) groups is 1. The molecule has 7 heteroatoms. The van der Waals surface area contributed by atoms with Gasteiger partial charge in [0.2, 0.25) is 0 Å². The first-order chi connectivity index (χ1) is 13.5. The van der Waals surface area contributed by atoms with Crippen LogP contribution in [0.1, 0.15) is 23.9 Å². The average Bonchev–Trinajstić information content (AvgIpc) is 2.91. The molecule has 0 atom stereocenters. The number of nitrogens with zero attached hydrogens (tertiary/aromatic N) is 2. The van der Waals surface area contributed by atoms with E-state index in [-0.39, 0.29) is 0 Å². The van der Waals surface area contributed by atoms with E-state index in [4.69, 9.17) is 28.6 Å². The van der Waals surface area contributed by atoms with E-state index in [0.29, 0.717) is 18.3 Å². The summed E-state index contributed by atoms with van der Waals surface area (Å²) < 4.78 is 7.58. The molecule has 0 aliphatic heterocycles. The molecule has 5 nitrogen and oxygen atoms in total. The number of halogens is 1. The summed E-state index contributed by atoms with van der Waals surface area (Å²) in [7, 11) is 0. The Hall–Kier alpha value is -2.57. The maximum atomic E-state index is 6.09. The lowest BCUT2D eigenvalue weighted by molar-refractivity contribution is 0.342. The van der Waals surface area contributed by atoms with Crippen molar-refractivity contribution in [3.8, 4) is 5.75 Å². The van der Waals surface area contributed by atoms with Crippen LogP contribution in [0, 0.1) is 13.8 Å². The van der Waals surface area contributed by atoms with Gasteiger partial charge in [-0.15, -0.1) is 0 Å². The third-order valence-corrected chi connectivity index (χ3v) is 4.72. The van der Waals surface area contributed by atoms with Gasteiger partial charge in [0.25, 0.3) is 0 Å². The monoisotopic (exact) mass is 414 g/mol. The normalized spacial score (nSPS) is 10.6. The predicted molar refractivity (Wildman–Crippen MR) is 120 cm³/mol. The number of hydrogen-bond donors (Lipinski definition) is 2. The molecule has 3 aromatic rings. The molecule has 1 aromatic heterocycles. The highest BCUT2D eigenvalue weighted by molar-refractivity contribution is 7.80. The molecule has 0 amide bonds. The van der Waals surface area contributed by atoms with Crippen LogP contribution in [-0.2, 0) is 6.54 Å². The highest BCUT2D eigenvalue weighted by atomic mass is 35.5. The first-order valence-corrected chi connectivity index (χ1v) is 9.84. The number of benzene rings is 2. The lowest BCUT2D eigenvalue weighted by Crippen LogP contribution is -2.20. The maximum absolute atomic E-state index is 6.09. The summed E-state index contributed by atoms with van der Waals surface area (Å²) in [5.74, 6) is 0.763. The van der Waals surface area contributed by atoms with E-state index in [0.717, 1.165) is 39.1 Å². The summed E-state index contributed by atoms with van der Waals surface area (Å²) in [5, 5.41) is 12.3. The van der Waals surface area contributed by atoms with E-state index in [2.05, 4.69) is 15.7 Å². The Kier molecular flexibility index (Phi) is 6.54. The van der Waals surface area contributed by atoms with E-state index in [1.165, 1.54) is 0 Å². The van der Waals surface area contributed by atoms with Gasteiger partial charge in [-0.05, 0) is 62.8 Å². The fourth-order valence-electron chi connectivity index (χ4n) is 2.96. The van der Waals surface area contributed by atoms with Gasteiger partial charge in [-0.2, -0.15) is 5.10 Å². The van der Waals surface area contributed by atoms with Crippen molar-refractivity contribution in [1.29, 1.82) is 0 Å². The molecule has 0 aliphatic carbocycles. The van der Waals surface area contributed by atoms with Gasteiger partial charge in [0.15, 0.2) is 5.11 Å². The van der Waals surface area contributed by atoms with Gasteiger partial charge in [0.05, 0.1) is 35.9 Å². The molecule has 2 aromatic carbocycles. The summed E-state index contributed by atoms with van der Waals surface area (Å²) >= 11 is 11.6. The second-order valence-corrected chi connectivity index (χ2v) is 7.19. The maximum Gasteiger partial charge on any atom is 0.175 e. The van der Waals surface area contributed by atoms with E-state index in [1.54, 1.807) is 0 Å². The number of ether oxygens (including phenoxy) is 1. The zero-order valence-electron chi connectivity index (χ0n) is 16.1. The number of hydrogen-bond acceptors (Lipinski definition) is 3. The highest BCUT2D eigenvalue weighted by Crippen LogP contribution is 2.25. The van der Waals surface area contributed by atoms with Gasteiger partial charge in [-0.1, -0.05) is 35.9 Å². The van der Waals surface area contributed by atoms with Gasteiger partial charge < -0.3 is 15.4 Å². The highest BCUT2D eigenvalue weighted by Gasteiger charge is 2.14. The van der Waals surface area contributed by atoms with Gasteiger partial charge in [-0.25, -0.2) is 0 Å². The molecule has 2 N–H and O–H groups in total. The SMILES string of the molecule is CCOc1ccccc1NC(=S)Nc1c(C)nn(Cc2cccc(Cl)c2)c1C. The van der Waals surface area contributed by atoms with Crippen LogP contribution >= 0.6 is 23.8 Å². The number of aromatic nitrogens is 2. The summed E-state index contributed by atoms with van der Waals surface area (Å²) in [6, 6.07) is 15.5. The molecule has 146 valence electrons. The molecular formula is C21H23ClN4OS. The second-order valence-electron chi connectivity index (χ2n) is 6.34. The van der Waals surface area contributed by atoms with Crippen molar-refractivity contribution in [2.24, 2.45) is 0 Å². The van der Waals surface area contributed by atoms with Crippen LogP contribution in [0.25, 0.3) is 0 Å². The van der Waals surface area contributed by atoms with Crippen molar-refractivity contribution in [2.45, 2.75) is 27.3 Å². The molecule has 0 fully saturated rings. The van der Waals surface area contributed by atoms with Crippen LogP contribution in [0.5, 0.6) is 5.75 Å². The third-order valence-electron chi connectivity index (χ3n) is 4.28. The topological polar surface area (TPSA) is 51.1 Å². The summed E-state index contributed by atoms with van der Waals surface area (Å²) in [6.45, 7) is 7.16. The first kappa shape index (κ1) is 20.2. The Balaban J connectivity index is 1.74. The third kappa shape index (κ3) is 4.82. The minimum atomic E-state index is 0.487. The molecule has 0 saturated carbocycles. The average molecular weight is 415 g/mol. The Morgan fingerprint density at radius 2 is 1.93 bits per heavy atom. The van der Waals surface area contributed by atoms with Crippen LogP contribution in [0.4, 0.5) is 11.4 Å². The first-order valence-electron chi connectivity index (χ1n) is 9.06. The largest absolute Gasteiger partial charge is 0.492 e. The molecule has 0 saturated heterocycles. The Labute approximate surface area is 175 Å². The van der Waals surface area contributed by atoms with Crippen LogP contribution in [0.2, 0.25) is 5.02 Å². The van der Waals surface area contributed by atoms with Crippen molar-refractivity contribution < 1.29 is 4.74 Å². The standard InChI is InChI=1S/C21H23ClN4OS/c1-4-27-19-11-6-5-10-18(19)23-21(28)24-20-14(2)25-26(15(20)3)13-16-8-7-9-17(22)12-16/h5-12H,4,13H2,1-3H3,(H2,23,24,28). The van der Waals surface area contributed by atoms with Crippen molar-refractivity contribution >= 4 is 40.3 Å². The predicted octanol–water partition coefficient (Wildman–Crippen LogP) is 5.41. The zero-order valence-corrected chi connectivity index (χ0v) is 17.7. The van der Waals surface area contributed by atoms with E-state index < -0.39 is 0 Å². The summed E-state index contributed by atoms with van der Waals surface area (Å²) in [6.07, 6.45) is 0. The Bertz CT molecular complexity index is 986. The van der Waals surface area contributed by atoms with E-state index >= 15 is 0 Å². The Morgan fingerprint density at radius 1 is 1.14 bits per heavy atom. The van der Waals surface area contributed by atoms with Gasteiger partial charge in [-0.3, -0.25) is 4.68 Å².